The molecule has 4 heteroatoms. The van der Waals surface area contributed by atoms with Gasteiger partial charge in [-0.15, -0.1) is 0 Å². The van der Waals surface area contributed by atoms with Crippen LogP contribution < -0.4 is 4.90 Å². The van der Waals surface area contributed by atoms with Gasteiger partial charge in [0.15, 0.2) is 0 Å². The second-order valence-corrected chi connectivity index (χ2v) is 14.2. The number of benzene rings is 2. The predicted molar refractivity (Wildman–Crippen MR) is 169 cm³/mol. The van der Waals surface area contributed by atoms with Gasteiger partial charge in [-0.3, -0.25) is 0 Å². The van der Waals surface area contributed by atoms with E-state index in [2.05, 4.69) is 89.0 Å². The number of anilines is 1. The first-order chi connectivity index (χ1) is 19.5. The Hall–Kier alpha value is -1.88. The third-order valence-electron chi connectivity index (χ3n) is 11.0. The maximum atomic E-state index is 2.81. The molecule has 2 aromatic carbocycles. The smallest absolute Gasteiger partial charge is 0.0366 e. The van der Waals surface area contributed by atoms with E-state index in [1.54, 1.807) is 11.1 Å². The zero-order valence-electron chi connectivity index (χ0n) is 25.6. The standard InChI is InChI=1S/C36H54N4/c1-28-4-10-36(11-5-28)40-21-15-32(25-40)24-38-19-12-29(2)35(27-38)22-30-6-8-33(9-7-30)34-16-20-39(26-34)23-31-13-17-37(3)18-14-31/h4-11,29,31-32,34-35H,12-27H2,1-3H3. The molecule has 218 valence electrons. The quantitative estimate of drug-likeness (QED) is 0.396. The minimum absolute atomic E-state index is 0.732. The first-order valence-electron chi connectivity index (χ1n) is 16.5. The molecule has 0 bridgehead atoms. The molecule has 0 saturated carbocycles. The maximum Gasteiger partial charge on any atom is 0.0366 e. The van der Waals surface area contributed by atoms with Gasteiger partial charge in [0.05, 0.1) is 0 Å². The van der Waals surface area contributed by atoms with Gasteiger partial charge in [0.2, 0.25) is 0 Å². The molecule has 4 aliphatic rings. The number of aryl methyl sites for hydroxylation is 1. The summed E-state index contributed by atoms with van der Waals surface area (Å²) in [6, 6.07) is 19.0. The summed E-state index contributed by atoms with van der Waals surface area (Å²) in [5.41, 5.74) is 5.89. The summed E-state index contributed by atoms with van der Waals surface area (Å²) in [6.45, 7) is 17.4. The number of hydrogen-bond donors (Lipinski definition) is 0. The van der Waals surface area contributed by atoms with E-state index in [1.165, 1.54) is 115 Å². The van der Waals surface area contributed by atoms with E-state index < -0.39 is 0 Å². The molecule has 0 aromatic heterocycles. The highest BCUT2D eigenvalue weighted by molar-refractivity contribution is 5.48. The molecule has 0 N–H and O–H groups in total. The molecular formula is C36H54N4. The van der Waals surface area contributed by atoms with Gasteiger partial charge < -0.3 is 19.6 Å². The molecule has 4 aliphatic heterocycles. The van der Waals surface area contributed by atoms with Crippen LogP contribution in [0.15, 0.2) is 48.5 Å². The lowest BCUT2D eigenvalue weighted by atomic mass is 9.82. The van der Waals surface area contributed by atoms with E-state index in [1.807, 2.05) is 0 Å². The van der Waals surface area contributed by atoms with Crippen molar-refractivity contribution in [1.29, 1.82) is 0 Å². The fourth-order valence-electron chi connectivity index (χ4n) is 8.10. The van der Waals surface area contributed by atoms with Crippen LogP contribution in [-0.2, 0) is 6.42 Å². The largest absolute Gasteiger partial charge is 0.371 e. The Balaban J connectivity index is 0.966. The van der Waals surface area contributed by atoms with Crippen molar-refractivity contribution in [2.75, 3.05) is 77.4 Å². The predicted octanol–water partition coefficient (Wildman–Crippen LogP) is 6.15. The Morgan fingerprint density at radius 3 is 2.12 bits per heavy atom. The molecule has 2 aromatic rings. The third-order valence-corrected chi connectivity index (χ3v) is 11.0. The van der Waals surface area contributed by atoms with Crippen molar-refractivity contribution >= 4 is 5.69 Å². The van der Waals surface area contributed by atoms with Crippen molar-refractivity contribution in [2.24, 2.45) is 23.7 Å². The summed E-state index contributed by atoms with van der Waals surface area (Å²) in [5, 5.41) is 0. The van der Waals surface area contributed by atoms with Crippen LogP contribution in [-0.4, -0.2) is 87.2 Å². The molecule has 4 unspecified atom stereocenters. The topological polar surface area (TPSA) is 13.0 Å². The van der Waals surface area contributed by atoms with Gasteiger partial charge in [0.25, 0.3) is 0 Å². The van der Waals surface area contributed by atoms with E-state index >= 15 is 0 Å². The monoisotopic (exact) mass is 542 g/mol. The average Bonchev–Trinajstić information content (AvgIpc) is 3.63. The molecule has 4 fully saturated rings. The lowest BCUT2D eigenvalue weighted by Gasteiger charge is -2.38. The first-order valence-corrected chi connectivity index (χ1v) is 16.5. The summed E-state index contributed by atoms with van der Waals surface area (Å²) in [7, 11) is 2.27. The van der Waals surface area contributed by atoms with Crippen LogP contribution in [0.5, 0.6) is 0 Å². The highest BCUT2D eigenvalue weighted by atomic mass is 15.2. The molecule has 4 nitrogen and oxygen atoms in total. The Bertz CT molecular complexity index is 1060. The zero-order chi connectivity index (χ0) is 27.5. The summed E-state index contributed by atoms with van der Waals surface area (Å²) in [5.74, 6) is 4.06. The zero-order valence-corrected chi connectivity index (χ0v) is 25.6. The van der Waals surface area contributed by atoms with Gasteiger partial charge in [-0.05, 0) is 132 Å². The van der Waals surface area contributed by atoms with Crippen molar-refractivity contribution in [1.82, 2.24) is 14.7 Å². The van der Waals surface area contributed by atoms with Crippen LogP contribution in [0.4, 0.5) is 5.69 Å². The van der Waals surface area contributed by atoms with Gasteiger partial charge >= 0.3 is 0 Å². The van der Waals surface area contributed by atoms with Gasteiger partial charge in [0, 0.05) is 45.0 Å². The second kappa shape index (κ2) is 13.0. The molecule has 0 radical (unpaired) electrons. The summed E-state index contributed by atoms with van der Waals surface area (Å²) in [4.78, 5) is 10.7. The fraction of sp³-hybridized carbons (Fsp3) is 0.667. The third kappa shape index (κ3) is 7.12. The van der Waals surface area contributed by atoms with Gasteiger partial charge in [-0.25, -0.2) is 0 Å². The SMILES string of the molecule is Cc1ccc(N2CCC(CN3CCC(C)C(Cc4ccc(C5CCN(CC6CCN(C)CC6)C5)cc4)C3)C2)cc1. The number of rotatable bonds is 8. The Morgan fingerprint density at radius 2 is 1.35 bits per heavy atom. The van der Waals surface area contributed by atoms with E-state index in [0.29, 0.717) is 0 Å². The molecule has 0 amide bonds. The molecular weight excluding hydrogens is 488 g/mol. The Kier molecular flexibility index (Phi) is 9.16. The normalized spacial score (nSPS) is 29.4. The van der Waals surface area contributed by atoms with Crippen LogP contribution in [0.25, 0.3) is 0 Å². The molecule has 4 heterocycles. The van der Waals surface area contributed by atoms with Crippen LogP contribution in [0.2, 0.25) is 0 Å². The highest BCUT2D eigenvalue weighted by Crippen LogP contribution is 2.32. The van der Waals surface area contributed by atoms with E-state index in [9.17, 15) is 0 Å². The molecule has 0 spiro atoms. The maximum absolute atomic E-state index is 2.81. The van der Waals surface area contributed by atoms with Crippen molar-refractivity contribution in [3.05, 3.63) is 65.2 Å². The Morgan fingerprint density at radius 1 is 0.675 bits per heavy atom. The van der Waals surface area contributed by atoms with Crippen molar-refractivity contribution in [2.45, 2.75) is 58.3 Å². The first kappa shape index (κ1) is 28.2. The van der Waals surface area contributed by atoms with E-state index in [4.69, 9.17) is 0 Å². The molecule has 4 atom stereocenters. The molecule has 4 saturated heterocycles. The minimum Gasteiger partial charge on any atom is -0.371 e. The van der Waals surface area contributed by atoms with Crippen LogP contribution in [0.1, 0.15) is 61.6 Å². The average molecular weight is 543 g/mol. The summed E-state index contributed by atoms with van der Waals surface area (Å²) in [6.07, 6.45) is 8.04. The Labute approximate surface area is 244 Å². The summed E-state index contributed by atoms with van der Waals surface area (Å²) >= 11 is 0. The van der Waals surface area contributed by atoms with Crippen molar-refractivity contribution in [3.63, 3.8) is 0 Å². The molecule has 40 heavy (non-hydrogen) atoms. The summed E-state index contributed by atoms with van der Waals surface area (Å²) < 4.78 is 0. The number of nitrogens with zero attached hydrogens (tertiary/aromatic N) is 4. The van der Waals surface area contributed by atoms with Gasteiger partial charge in [-0.1, -0.05) is 48.9 Å². The molecule has 6 rings (SSSR count). The van der Waals surface area contributed by atoms with E-state index in [-0.39, 0.29) is 0 Å². The number of hydrogen-bond acceptors (Lipinski definition) is 4. The van der Waals surface area contributed by atoms with E-state index in [0.717, 1.165) is 29.6 Å². The highest BCUT2D eigenvalue weighted by Gasteiger charge is 2.31. The van der Waals surface area contributed by atoms with Crippen LogP contribution in [0, 0.1) is 30.6 Å². The molecule has 0 aliphatic carbocycles. The second-order valence-electron chi connectivity index (χ2n) is 14.2. The van der Waals surface area contributed by atoms with Crippen molar-refractivity contribution in [3.8, 4) is 0 Å². The van der Waals surface area contributed by atoms with Crippen LogP contribution >= 0.6 is 0 Å². The van der Waals surface area contributed by atoms with Crippen molar-refractivity contribution < 1.29 is 0 Å². The fourth-order valence-corrected chi connectivity index (χ4v) is 8.10. The lowest BCUT2D eigenvalue weighted by Crippen LogP contribution is -2.43. The lowest BCUT2D eigenvalue weighted by molar-refractivity contribution is 0.114. The van der Waals surface area contributed by atoms with Crippen LogP contribution in [0.3, 0.4) is 0 Å². The minimum atomic E-state index is 0.732. The number of likely N-dealkylation sites (tertiary alicyclic amines) is 3. The van der Waals surface area contributed by atoms with Gasteiger partial charge in [0.1, 0.15) is 0 Å². The van der Waals surface area contributed by atoms with Gasteiger partial charge in [-0.2, -0.15) is 0 Å². The number of piperidine rings is 2.